The van der Waals surface area contributed by atoms with E-state index in [2.05, 4.69) is 19.8 Å². The van der Waals surface area contributed by atoms with Crippen molar-refractivity contribution in [2.24, 2.45) is 9.98 Å². The van der Waals surface area contributed by atoms with Crippen LogP contribution in [-0.2, 0) is 18.9 Å². The maximum atomic E-state index is 5.76. The van der Waals surface area contributed by atoms with Gasteiger partial charge in [0.05, 0.1) is 26.4 Å². The van der Waals surface area contributed by atoms with E-state index < -0.39 is 5.66 Å². The third kappa shape index (κ3) is 2.53. The summed E-state index contributed by atoms with van der Waals surface area (Å²) in [5, 5.41) is 0. The monoisotopic (exact) mass is 296 g/mol. The molecule has 0 aromatic rings. The van der Waals surface area contributed by atoms with E-state index >= 15 is 0 Å². The van der Waals surface area contributed by atoms with E-state index in [1.807, 2.05) is 0 Å². The topological polar surface area (TPSA) is 68.1 Å². The Balaban J connectivity index is 1.47. The van der Waals surface area contributed by atoms with Crippen LogP contribution in [0.1, 0.15) is 0 Å². The van der Waals surface area contributed by atoms with Crippen LogP contribution in [0.25, 0.3) is 0 Å². The number of hydrogen-bond donors (Lipinski definition) is 0. The summed E-state index contributed by atoms with van der Waals surface area (Å²) in [5.74, 6) is 0. The van der Waals surface area contributed by atoms with Crippen molar-refractivity contribution in [3.63, 3.8) is 0 Å². The van der Waals surface area contributed by atoms with E-state index in [1.165, 1.54) is 0 Å². The molecule has 116 valence electrons. The van der Waals surface area contributed by atoms with E-state index in [9.17, 15) is 0 Å². The molecule has 0 aromatic carbocycles. The summed E-state index contributed by atoms with van der Waals surface area (Å²) >= 11 is 0. The first kappa shape index (κ1) is 13.1. The molecule has 0 unspecified atom stereocenters. The van der Waals surface area contributed by atoms with Crippen LogP contribution in [0.5, 0.6) is 0 Å². The molecule has 8 nitrogen and oxygen atoms in total. The molecular formula is C13H20N4O4. The highest BCUT2D eigenvalue weighted by Gasteiger charge is 2.45. The van der Waals surface area contributed by atoms with Gasteiger partial charge in [-0.05, 0) is 0 Å². The molecule has 0 aliphatic carbocycles. The van der Waals surface area contributed by atoms with Gasteiger partial charge in [-0.25, -0.2) is 0 Å². The van der Waals surface area contributed by atoms with Gasteiger partial charge < -0.3 is 28.7 Å². The van der Waals surface area contributed by atoms with Gasteiger partial charge in [0.2, 0.25) is 5.66 Å². The first-order valence-electron chi connectivity index (χ1n) is 7.45. The Labute approximate surface area is 123 Å². The van der Waals surface area contributed by atoms with E-state index in [1.54, 1.807) is 0 Å². The normalized spacial score (nSPS) is 28.2. The maximum Gasteiger partial charge on any atom is 0.290 e. The minimum atomic E-state index is -0.596. The lowest BCUT2D eigenvalue weighted by Gasteiger charge is -2.26. The lowest BCUT2D eigenvalue weighted by molar-refractivity contribution is 0.0557. The fourth-order valence-electron chi connectivity index (χ4n) is 2.81. The minimum absolute atomic E-state index is 0.452. The van der Waals surface area contributed by atoms with Crippen molar-refractivity contribution in [2.45, 2.75) is 5.66 Å². The summed E-state index contributed by atoms with van der Waals surface area (Å²) in [6.07, 6.45) is 0. The number of ether oxygens (including phenoxy) is 4. The minimum Gasteiger partial charge on any atom is -0.460 e. The highest BCUT2D eigenvalue weighted by molar-refractivity contribution is 5.80. The molecule has 21 heavy (non-hydrogen) atoms. The predicted octanol–water partition coefficient (Wildman–Crippen LogP) is -0.880. The summed E-state index contributed by atoms with van der Waals surface area (Å²) in [5.41, 5.74) is -0.596. The van der Waals surface area contributed by atoms with Gasteiger partial charge in [0.25, 0.3) is 12.0 Å². The summed E-state index contributed by atoms with van der Waals surface area (Å²) < 4.78 is 22.2. The molecule has 4 aliphatic rings. The number of amidine groups is 2. The van der Waals surface area contributed by atoms with Crippen LogP contribution in [0.3, 0.4) is 0 Å². The van der Waals surface area contributed by atoms with Crippen LogP contribution in [0.2, 0.25) is 0 Å². The number of aliphatic imine (C=N–C) groups is 2. The highest BCUT2D eigenvalue weighted by Crippen LogP contribution is 2.28. The first-order valence-corrected chi connectivity index (χ1v) is 7.45. The van der Waals surface area contributed by atoms with Crippen LogP contribution in [-0.4, -0.2) is 93.3 Å². The van der Waals surface area contributed by atoms with Crippen molar-refractivity contribution in [1.82, 2.24) is 9.80 Å². The molecule has 2 saturated heterocycles. The van der Waals surface area contributed by atoms with Crippen LogP contribution in [0, 0.1) is 0 Å². The lowest BCUT2D eigenvalue weighted by Crippen LogP contribution is -2.40. The molecule has 1 spiro atoms. The molecule has 0 N–H and O–H groups in total. The van der Waals surface area contributed by atoms with Crippen molar-refractivity contribution in [3.05, 3.63) is 0 Å². The molecule has 0 aromatic heterocycles. The van der Waals surface area contributed by atoms with Gasteiger partial charge >= 0.3 is 0 Å². The van der Waals surface area contributed by atoms with Crippen LogP contribution >= 0.6 is 0 Å². The van der Waals surface area contributed by atoms with Crippen LogP contribution < -0.4 is 0 Å². The number of nitrogens with zero attached hydrogens (tertiary/aromatic N) is 4. The van der Waals surface area contributed by atoms with E-state index in [4.69, 9.17) is 18.9 Å². The Hall–Kier alpha value is -1.54. The van der Waals surface area contributed by atoms with E-state index in [-0.39, 0.29) is 0 Å². The third-order valence-corrected chi connectivity index (χ3v) is 4.04. The highest BCUT2D eigenvalue weighted by atomic mass is 16.5. The van der Waals surface area contributed by atoms with Gasteiger partial charge in [-0.3, -0.25) is 0 Å². The summed E-state index contributed by atoms with van der Waals surface area (Å²) in [7, 11) is 0. The summed E-state index contributed by atoms with van der Waals surface area (Å²) in [4.78, 5) is 13.6. The molecule has 4 rings (SSSR count). The lowest BCUT2D eigenvalue weighted by atomic mass is 10.2. The van der Waals surface area contributed by atoms with Gasteiger partial charge in [0, 0.05) is 26.2 Å². The van der Waals surface area contributed by atoms with E-state index in [0.717, 1.165) is 26.2 Å². The third-order valence-electron chi connectivity index (χ3n) is 4.04. The number of rotatable bonds is 0. The van der Waals surface area contributed by atoms with E-state index in [0.29, 0.717) is 51.7 Å². The Kier molecular flexibility index (Phi) is 3.34. The van der Waals surface area contributed by atoms with Crippen molar-refractivity contribution in [3.8, 4) is 0 Å². The van der Waals surface area contributed by atoms with Gasteiger partial charge in [0.1, 0.15) is 13.2 Å². The molecule has 0 amide bonds. The zero-order valence-electron chi connectivity index (χ0n) is 12.0. The molecule has 0 saturated carbocycles. The molecule has 8 heteroatoms. The second kappa shape index (κ2) is 5.34. The molecule has 0 bridgehead atoms. The fraction of sp³-hybridized carbons (Fsp3) is 0.846. The largest absolute Gasteiger partial charge is 0.460 e. The summed E-state index contributed by atoms with van der Waals surface area (Å²) in [6.45, 7) is 7.03. The van der Waals surface area contributed by atoms with Crippen molar-refractivity contribution < 1.29 is 18.9 Å². The standard InChI is InChI=1S/C13H20N4O4/c1-5-18-6-2-16(1)11-14-13(9-20-11)10-21-12(15-13)17-3-7-19-8-4-17/h1-10H2. The zero-order valence-corrected chi connectivity index (χ0v) is 12.0. The Bertz CT molecular complexity index is 413. The summed E-state index contributed by atoms with van der Waals surface area (Å²) in [6, 6.07) is 1.35. The van der Waals surface area contributed by atoms with Crippen molar-refractivity contribution >= 4 is 12.0 Å². The molecule has 4 heterocycles. The quantitative estimate of drug-likeness (QED) is 0.578. The SMILES string of the molecule is C1CN(C2=NC3(CO2)COC(N2CCOCC2)=N3)CCO1. The Morgan fingerprint density at radius 3 is 1.57 bits per heavy atom. The van der Waals surface area contributed by atoms with Gasteiger partial charge in [-0.2, -0.15) is 9.98 Å². The number of hydrogen-bond acceptors (Lipinski definition) is 8. The van der Waals surface area contributed by atoms with Crippen LogP contribution in [0.4, 0.5) is 0 Å². The van der Waals surface area contributed by atoms with Crippen molar-refractivity contribution in [2.75, 3.05) is 65.8 Å². The second-order valence-electron chi connectivity index (χ2n) is 5.55. The fourth-order valence-corrected chi connectivity index (χ4v) is 2.81. The van der Waals surface area contributed by atoms with Gasteiger partial charge in [-0.1, -0.05) is 0 Å². The number of morpholine rings is 2. The van der Waals surface area contributed by atoms with Gasteiger partial charge in [0.15, 0.2) is 0 Å². The zero-order chi connectivity index (χ0) is 14.1. The Morgan fingerprint density at radius 2 is 1.14 bits per heavy atom. The predicted molar refractivity (Wildman–Crippen MR) is 74.3 cm³/mol. The molecule has 2 fully saturated rings. The maximum absolute atomic E-state index is 5.76. The molecular weight excluding hydrogens is 276 g/mol. The molecule has 0 atom stereocenters. The first-order chi connectivity index (χ1) is 10.3. The smallest absolute Gasteiger partial charge is 0.290 e. The van der Waals surface area contributed by atoms with Crippen molar-refractivity contribution in [1.29, 1.82) is 0 Å². The van der Waals surface area contributed by atoms with Crippen LogP contribution in [0.15, 0.2) is 9.98 Å². The molecule has 4 aliphatic heterocycles. The average Bonchev–Trinajstić information content (AvgIpc) is 3.17. The average molecular weight is 296 g/mol. The Morgan fingerprint density at radius 1 is 0.714 bits per heavy atom. The molecule has 0 radical (unpaired) electrons. The second-order valence-corrected chi connectivity index (χ2v) is 5.55. The van der Waals surface area contributed by atoms with Gasteiger partial charge in [-0.15, -0.1) is 0 Å².